The second kappa shape index (κ2) is 6.70. The largest absolute Gasteiger partial charge is 0.399 e. The number of aliphatic hydroxyl groups is 1. The number of anilines is 1. The highest BCUT2D eigenvalue weighted by Crippen LogP contribution is 2.06. The Kier molecular flexibility index (Phi) is 5.23. The number of rotatable bonds is 5. The van der Waals surface area contributed by atoms with Gasteiger partial charge in [-0.25, -0.2) is 0 Å². The van der Waals surface area contributed by atoms with Crippen molar-refractivity contribution < 1.29 is 9.90 Å². The molecule has 0 aromatic heterocycles. The minimum Gasteiger partial charge on any atom is -0.399 e. The lowest BCUT2D eigenvalue weighted by Crippen LogP contribution is -2.35. The Hall–Kier alpha value is -1.81. The Bertz CT molecular complexity index is 381. The van der Waals surface area contributed by atoms with Gasteiger partial charge in [-0.2, -0.15) is 0 Å². The zero-order chi connectivity index (χ0) is 12.7. The molecule has 0 unspecified atom stereocenters. The van der Waals surface area contributed by atoms with Crippen molar-refractivity contribution in [1.82, 2.24) is 5.32 Å². The van der Waals surface area contributed by atoms with Crippen LogP contribution in [0.15, 0.2) is 30.3 Å². The van der Waals surface area contributed by atoms with Crippen molar-refractivity contribution in [2.24, 2.45) is 0 Å². The first-order chi connectivity index (χ1) is 8.15. The van der Waals surface area contributed by atoms with Gasteiger partial charge in [0.05, 0.1) is 12.6 Å². The first-order valence-corrected chi connectivity index (χ1v) is 5.60. The number of nitrogens with one attached hydrogen (secondary N) is 1. The molecule has 4 heteroatoms. The Labute approximate surface area is 101 Å². The number of carbonyl (C=O) groups is 1. The molecule has 0 saturated carbocycles. The fourth-order valence-electron chi connectivity index (χ4n) is 1.31. The van der Waals surface area contributed by atoms with E-state index in [0.717, 1.165) is 5.56 Å². The number of carbonyl (C=O) groups excluding carboxylic acids is 1. The summed E-state index contributed by atoms with van der Waals surface area (Å²) in [5, 5.41) is 11.6. The second-order valence-electron chi connectivity index (χ2n) is 3.80. The van der Waals surface area contributed by atoms with Crippen molar-refractivity contribution in [2.45, 2.75) is 19.4 Å². The summed E-state index contributed by atoms with van der Waals surface area (Å²) in [4.78, 5) is 11.5. The molecular weight excluding hydrogens is 216 g/mol. The number of hydrogen-bond acceptors (Lipinski definition) is 3. The predicted octanol–water partition coefficient (Wildman–Crippen LogP) is 1.17. The van der Waals surface area contributed by atoms with Gasteiger partial charge in [-0.3, -0.25) is 4.79 Å². The minimum atomic E-state index is -0.206. The molecule has 0 saturated heterocycles. The van der Waals surface area contributed by atoms with E-state index in [9.17, 15) is 4.79 Å². The van der Waals surface area contributed by atoms with Crippen molar-refractivity contribution in [3.8, 4) is 0 Å². The zero-order valence-electron chi connectivity index (χ0n) is 9.89. The number of nitrogen functional groups attached to an aromatic ring is 1. The Morgan fingerprint density at radius 2 is 2.12 bits per heavy atom. The SMILES string of the molecule is CC[C@@H](CO)NC(=O)/C=C/c1ccc(N)cc1. The van der Waals surface area contributed by atoms with Crippen molar-refractivity contribution in [2.75, 3.05) is 12.3 Å². The molecule has 0 aliphatic heterocycles. The van der Waals surface area contributed by atoms with E-state index in [1.807, 2.05) is 19.1 Å². The lowest BCUT2D eigenvalue weighted by molar-refractivity contribution is -0.117. The summed E-state index contributed by atoms with van der Waals surface area (Å²) in [6, 6.07) is 7.05. The maximum atomic E-state index is 11.5. The van der Waals surface area contributed by atoms with Gasteiger partial charge in [-0.05, 0) is 30.2 Å². The number of benzene rings is 1. The topological polar surface area (TPSA) is 75.3 Å². The van der Waals surface area contributed by atoms with Gasteiger partial charge in [0, 0.05) is 11.8 Å². The van der Waals surface area contributed by atoms with Crippen molar-refractivity contribution in [3.05, 3.63) is 35.9 Å². The molecule has 0 spiro atoms. The lowest BCUT2D eigenvalue weighted by Gasteiger charge is -2.11. The first kappa shape index (κ1) is 13.3. The van der Waals surface area contributed by atoms with E-state index in [-0.39, 0.29) is 18.6 Å². The van der Waals surface area contributed by atoms with Gasteiger partial charge in [0.15, 0.2) is 0 Å². The molecule has 4 nitrogen and oxygen atoms in total. The van der Waals surface area contributed by atoms with Gasteiger partial charge in [-0.15, -0.1) is 0 Å². The van der Waals surface area contributed by atoms with E-state index in [1.165, 1.54) is 6.08 Å². The Morgan fingerprint density at radius 1 is 1.47 bits per heavy atom. The third-order valence-electron chi connectivity index (χ3n) is 2.42. The molecule has 0 heterocycles. The van der Waals surface area contributed by atoms with Crippen LogP contribution in [-0.4, -0.2) is 23.7 Å². The standard InChI is InChI=1S/C13H18N2O2/c1-2-12(9-16)15-13(17)8-5-10-3-6-11(14)7-4-10/h3-8,12,16H,2,9,14H2,1H3,(H,15,17)/b8-5+/t12-/m0/s1. The maximum absolute atomic E-state index is 11.5. The summed E-state index contributed by atoms with van der Waals surface area (Å²) in [5.74, 6) is -0.206. The molecule has 1 atom stereocenters. The third-order valence-corrected chi connectivity index (χ3v) is 2.42. The minimum absolute atomic E-state index is 0.0437. The van der Waals surface area contributed by atoms with Crippen LogP contribution in [0.3, 0.4) is 0 Å². The van der Waals surface area contributed by atoms with Gasteiger partial charge in [-0.1, -0.05) is 19.1 Å². The van der Waals surface area contributed by atoms with Crippen molar-refractivity contribution in [1.29, 1.82) is 0 Å². The van der Waals surface area contributed by atoms with Crippen LogP contribution in [0.1, 0.15) is 18.9 Å². The molecule has 1 aromatic carbocycles. The Balaban J connectivity index is 2.53. The second-order valence-corrected chi connectivity index (χ2v) is 3.80. The Morgan fingerprint density at radius 3 is 2.65 bits per heavy atom. The molecule has 0 fully saturated rings. The third kappa shape index (κ3) is 4.70. The summed E-state index contributed by atoms with van der Waals surface area (Å²) in [6.07, 6.45) is 3.86. The fraction of sp³-hybridized carbons (Fsp3) is 0.308. The summed E-state index contributed by atoms with van der Waals surface area (Å²) in [6.45, 7) is 1.86. The van der Waals surface area contributed by atoms with Gasteiger partial charge in [0.2, 0.25) is 5.91 Å². The molecule has 92 valence electrons. The number of amides is 1. The summed E-state index contributed by atoms with van der Waals surface area (Å²) in [5.41, 5.74) is 7.15. The quantitative estimate of drug-likeness (QED) is 0.529. The highest BCUT2D eigenvalue weighted by Gasteiger charge is 2.05. The maximum Gasteiger partial charge on any atom is 0.244 e. The summed E-state index contributed by atoms with van der Waals surface area (Å²) < 4.78 is 0. The first-order valence-electron chi connectivity index (χ1n) is 5.60. The van der Waals surface area contributed by atoms with Crippen LogP contribution >= 0.6 is 0 Å². The van der Waals surface area contributed by atoms with Gasteiger partial charge in [0.1, 0.15) is 0 Å². The van der Waals surface area contributed by atoms with Gasteiger partial charge < -0.3 is 16.2 Å². The van der Waals surface area contributed by atoms with Crippen LogP contribution in [0.5, 0.6) is 0 Å². The highest BCUT2D eigenvalue weighted by atomic mass is 16.3. The predicted molar refractivity (Wildman–Crippen MR) is 69.2 cm³/mol. The summed E-state index contributed by atoms with van der Waals surface area (Å²) in [7, 11) is 0. The average molecular weight is 234 g/mol. The van der Waals surface area contributed by atoms with Gasteiger partial charge >= 0.3 is 0 Å². The molecule has 1 rings (SSSR count). The summed E-state index contributed by atoms with van der Waals surface area (Å²) >= 11 is 0. The molecule has 1 amide bonds. The van der Waals surface area contributed by atoms with Crippen LogP contribution in [0.25, 0.3) is 6.08 Å². The average Bonchev–Trinajstić information content (AvgIpc) is 2.35. The number of nitrogens with two attached hydrogens (primary N) is 1. The van der Waals surface area contributed by atoms with E-state index in [2.05, 4.69) is 5.32 Å². The van der Waals surface area contributed by atoms with Crippen LogP contribution in [0, 0.1) is 0 Å². The molecule has 17 heavy (non-hydrogen) atoms. The molecule has 0 bridgehead atoms. The number of aliphatic hydroxyl groups excluding tert-OH is 1. The van der Waals surface area contributed by atoms with E-state index in [1.54, 1.807) is 18.2 Å². The van der Waals surface area contributed by atoms with Crippen molar-refractivity contribution >= 4 is 17.7 Å². The van der Waals surface area contributed by atoms with Crippen LogP contribution < -0.4 is 11.1 Å². The van der Waals surface area contributed by atoms with Crippen LogP contribution in [0.4, 0.5) is 5.69 Å². The normalized spacial score (nSPS) is 12.6. The highest BCUT2D eigenvalue weighted by molar-refractivity contribution is 5.91. The molecule has 0 radical (unpaired) electrons. The van der Waals surface area contributed by atoms with Crippen molar-refractivity contribution in [3.63, 3.8) is 0 Å². The smallest absolute Gasteiger partial charge is 0.244 e. The van der Waals surface area contributed by atoms with Crippen LogP contribution in [0.2, 0.25) is 0 Å². The van der Waals surface area contributed by atoms with E-state index < -0.39 is 0 Å². The fourth-order valence-corrected chi connectivity index (χ4v) is 1.31. The molecule has 0 aliphatic carbocycles. The molecular formula is C13H18N2O2. The van der Waals surface area contributed by atoms with E-state index in [4.69, 9.17) is 10.8 Å². The molecule has 4 N–H and O–H groups in total. The molecule has 1 aromatic rings. The van der Waals surface area contributed by atoms with Gasteiger partial charge in [0.25, 0.3) is 0 Å². The zero-order valence-corrected chi connectivity index (χ0v) is 9.89. The molecule has 0 aliphatic rings. The van der Waals surface area contributed by atoms with Crippen LogP contribution in [-0.2, 0) is 4.79 Å². The number of hydrogen-bond donors (Lipinski definition) is 3. The monoisotopic (exact) mass is 234 g/mol. The lowest BCUT2D eigenvalue weighted by atomic mass is 10.2. The van der Waals surface area contributed by atoms with E-state index in [0.29, 0.717) is 12.1 Å². The van der Waals surface area contributed by atoms with E-state index >= 15 is 0 Å².